The zero-order valence-electron chi connectivity index (χ0n) is 9.54. The Morgan fingerprint density at radius 2 is 2.19 bits per heavy atom. The van der Waals surface area contributed by atoms with E-state index in [-0.39, 0.29) is 0 Å². The molecule has 0 fully saturated rings. The number of nitrogen functional groups attached to an aromatic ring is 1. The summed E-state index contributed by atoms with van der Waals surface area (Å²) in [5, 5.41) is 8.66. The summed E-state index contributed by atoms with van der Waals surface area (Å²) in [6.07, 6.45) is 1.01. The lowest BCUT2D eigenvalue weighted by Gasteiger charge is -2.19. The third kappa shape index (κ3) is 1.15. The van der Waals surface area contributed by atoms with E-state index in [1.807, 2.05) is 7.05 Å². The Morgan fingerprint density at radius 1 is 1.38 bits per heavy atom. The van der Waals surface area contributed by atoms with Crippen molar-refractivity contribution in [3.05, 3.63) is 16.8 Å². The number of hydrogen-bond acceptors (Lipinski definition) is 4. The van der Waals surface area contributed by atoms with E-state index < -0.39 is 0 Å². The molecular formula is C11H15N5. The van der Waals surface area contributed by atoms with Crippen molar-refractivity contribution >= 4 is 16.9 Å². The van der Waals surface area contributed by atoms with E-state index in [1.165, 1.54) is 11.1 Å². The first-order chi connectivity index (χ1) is 7.68. The van der Waals surface area contributed by atoms with Gasteiger partial charge in [-0.2, -0.15) is 5.10 Å². The molecule has 0 unspecified atom stereocenters. The minimum atomic E-state index is 0.600. The zero-order valence-corrected chi connectivity index (χ0v) is 9.54. The van der Waals surface area contributed by atoms with Crippen LogP contribution in [-0.2, 0) is 20.0 Å². The van der Waals surface area contributed by atoms with Gasteiger partial charge in [-0.15, -0.1) is 0 Å². The molecule has 0 amide bonds. The van der Waals surface area contributed by atoms with Crippen molar-refractivity contribution in [2.75, 3.05) is 12.3 Å². The molecule has 1 aliphatic rings. The van der Waals surface area contributed by atoms with Crippen molar-refractivity contribution < 1.29 is 0 Å². The Morgan fingerprint density at radius 3 is 3.00 bits per heavy atom. The molecule has 0 saturated heterocycles. The summed E-state index contributed by atoms with van der Waals surface area (Å²) in [6.45, 7) is 3.94. The van der Waals surface area contributed by atoms with Crippen molar-refractivity contribution in [1.82, 2.24) is 20.1 Å². The molecule has 0 radical (unpaired) electrons. The van der Waals surface area contributed by atoms with Crippen LogP contribution in [0.25, 0.3) is 11.0 Å². The average molecular weight is 217 g/mol. The number of fused-ring (bicyclic) bond motifs is 3. The highest BCUT2D eigenvalue weighted by Gasteiger charge is 2.20. The quantitative estimate of drug-likeness (QED) is 0.674. The Labute approximate surface area is 93.6 Å². The molecule has 1 aliphatic heterocycles. The summed E-state index contributed by atoms with van der Waals surface area (Å²) >= 11 is 0. The van der Waals surface area contributed by atoms with Crippen molar-refractivity contribution in [1.29, 1.82) is 0 Å². The second kappa shape index (κ2) is 3.18. The van der Waals surface area contributed by atoms with Crippen LogP contribution in [0.2, 0.25) is 0 Å². The number of nitrogens with two attached hydrogens (primary N) is 1. The van der Waals surface area contributed by atoms with Gasteiger partial charge in [0.2, 0.25) is 0 Å². The number of nitrogens with one attached hydrogen (secondary N) is 1. The molecule has 0 spiro atoms. The smallest absolute Gasteiger partial charge is 0.160 e. The number of nitrogens with zero attached hydrogens (tertiary/aromatic N) is 3. The van der Waals surface area contributed by atoms with Crippen molar-refractivity contribution in [2.45, 2.75) is 19.9 Å². The molecular weight excluding hydrogens is 202 g/mol. The van der Waals surface area contributed by atoms with Gasteiger partial charge in [0.1, 0.15) is 0 Å². The first-order valence-corrected chi connectivity index (χ1v) is 5.49. The van der Waals surface area contributed by atoms with E-state index in [4.69, 9.17) is 5.73 Å². The molecule has 2 aromatic heterocycles. The summed E-state index contributed by atoms with van der Waals surface area (Å²) in [7, 11) is 1.89. The van der Waals surface area contributed by atoms with Gasteiger partial charge in [-0.1, -0.05) is 0 Å². The SMILES string of the molecule is Cc1nc2c(c(N)nn2C)c2c1CNCC2. The topological polar surface area (TPSA) is 68.8 Å². The lowest BCUT2D eigenvalue weighted by atomic mass is 9.97. The van der Waals surface area contributed by atoms with Crippen LogP contribution >= 0.6 is 0 Å². The van der Waals surface area contributed by atoms with Crippen molar-refractivity contribution in [3.63, 3.8) is 0 Å². The van der Waals surface area contributed by atoms with Crippen LogP contribution in [-0.4, -0.2) is 21.3 Å². The molecule has 5 nitrogen and oxygen atoms in total. The van der Waals surface area contributed by atoms with Crippen LogP contribution in [0.4, 0.5) is 5.82 Å². The van der Waals surface area contributed by atoms with E-state index in [1.54, 1.807) is 4.68 Å². The predicted molar refractivity (Wildman–Crippen MR) is 63.1 cm³/mol. The van der Waals surface area contributed by atoms with Gasteiger partial charge in [0.15, 0.2) is 11.5 Å². The third-order valence-corrected chi connectivity index (χ3v) is 3.27. The fraction of sp³-hybridized carbons (Fsp3) is 0.455. The molecule has 0 aliphatic carbocycles. The fourth-order valence-corrected chi connectivity index (χ4v) is 2.49. The minimum Gasteiger partial charge on any atom is -0.382 e. The number of anilines is 1. The normalized spacial score (nSPS) is 15.4. The van der Waals surface area contributed by atoms with Gasteiger partial charge in [-0.3, -0.25) is 0 Å². The first-order valence-electron chi connectivity index (χ1n) is 5.49. The van der Waals surface area contributed by atoms with Crippen molar-refractivity contribution in [2.24, 2.45) is 7.05 Å². The summed E-state index contributed by atoms with van der Waals surface area (Å²) in [5.41, 5.74) is 10.6. The third-order valence-electron chi connectivity index (χ3n) is 3.27. The fourth-order valence-electron chi connectivity index (χ4n) is 2.49. The number of hydrogen-bond donors (Lipinski definition) is 2. The molecule has 16 heavy (non-hydrogen) atoms. The van der Waals surface area contributed by atoms with Crippen LogP contribution in [0.1, 0.15) is 16.8 Å². The molecule has 0 aromatic carbocycles. The lowest BCUT2D eigenvalue weighted by molar-refractivity contribution is 0.640. The van der Waals surface area contributed by atoms with Gasteiger partial charge in [0, 0.05) is 19.3 Å². The molecule has 3 N–H and O–H groups in total. The van der Waals surface area contributed by atoms with Gasteiger partial charge >= 0.3 is 0 Å². The summed E-state index contributed by atoms with van der Waals surface area (Å²) in [4.78, 5) is 4.59. The lowest BCUT2D eigenvalue weighted by Crippen LogP contribution is -2.25. The molecule has 3 heterocycles. The molecule has 0 atom stereocenters. The molecule has 5 heteroatoms. The molecule has 0 saturated carbocycles. The number of pyridine rings is 1. The Bertz CT molecular complexity index is 569. The molecule has 2 aromatic rings. The maximum absolute atomic E-state index is 5.96. The Kier molecular flexibility index (Phi) is 1.91. The summed E-state index contributed by atoms with van der Waals surface area (Å²) in [6, 6.07) is 0. The van der Waals surface area contributed by atoms with Gasteiger partial charge < -0.3 is 11.1 Å². The summed E-state index contributed by atoms with van der Waals surface area (Å²) in [5.74, 6) is 0.600. The van der Waals surface area contributed by atoms with E-state index in [0.717, 1.165) is 36.2 Å². The molecule has 0 bridgehead atoms. The Hall–Kier alpha value is -1.62. The predicted octanol–water partition coefficient (Wildman–Crippen LogP) is 0.505. The average Bonchev–Trinajstić information content (AvgIpc) is 2.55. The minimum absolute atomic E-state index is 0.600. The summed E-state index contributed by atoms with van der Waals surface area (Å²) < 4.78 is 1.76. The Balaban J connectivity index is 2.44. The largest absolute Gasteiger partial charge is 0.382 e. The number of aromatic nitrogens is 3. The molecule has 3 rings (SSSR count). The van der Waals surface area contributed by atoms with E-state index >= 15 is 0 Å². The standard InChI is InChI=1S/C11H15N5/c1-6-8-5-13-4-3-7(8)9-10(12)15-16(2)11(9)14-6/h13H,3-5H2,1-2H3,(H2,12,15). The van der Waals surface area contributed by atoms with Gasteiger partial charge in [-0.25, -0.2) is 9.67 Å². The molecule has 84 valence electrons. The highest BCUT2D eigenvalue weighted by molar-refractivity contribution is 5.91. The maximum atomic E-state index is 5.96. The van der Waals surface area contributed by atoms with Crippen LogP contribution < -0.4 is 11.1 Å². The zero-order chi connectivity index (χ0) is 11.3. The van der Waals surface area contributed by atoms with Gasteiger partial charge in [0.05, 0.1) is 5.39 Å². The number of rotatable bonds is 0. The maximum Gasteiger partial charge on any atom is 0.160 e. The highest BCUT2D eigenvalue weighted by atomic mass is 15.3. The van der Waals surface area contributed by atoms with Crippen LogP contribution in [0.5, 0.6) is 0 Å². The van der Waals surface area contributed by atoms with Gasteiger partial charge in [-0.05, 0) is 31.0 Å². The van der Waals surface area contributed by atoms with Crippen LogP contribution in [0.15, 0.2) is 0 Å². The highest BCUT2D eigenvalue weighted by Crippen LogP contribution is 2.29. The second-order valence-electron chi connectivity index (χ2n) is 4.29. The van der Waals surface area contributed by atoms with Crippen molar-refractivity contribution in [3.8, 4) is 0 Å². The van der Waals surface area contributed by atoms with Crippen LogP contribution in [0, 0.1) is 6.92 Å². The van der Waals surface area contributed by atoms with E-state index in [2.05, 4.69) is 22.3 Å². The van der Waals surface area contributed by atoms with E-state index in [9.17, 15) is 0 Å². The van der Waals surface area contributed by atoms with Gasteiger partial charge in [0.25, 0.3) is 0 Å². The number of aryl methyl sites for hydroxylation is 2. The second-order valence-corrected chi connectivity index (χ2v) is 4.29. The first kappa shape index (κ1) is 9.59. The monoisotopic (exact) mass is 217 g/mol. The van der Waals surface area contributed by atoms with E-state index in [0.29, 0.717) is 5.82 Å². The van der Waals surface area contributed by atoms with Crippen LogP contribution in [0.3, 0.4) is 0 Å².